The van der Waals surface area contributed by atoms with Gasteiger partial charge in [-0.2, -0.15) is 0 Å². The maximum Gasteiger partial charge on any atom is 0.306 e. The lowest BCUT2D eigenvalue weighted by molar-refractivity contribution is -0.141. The van der Waals surface area contributed by atoms with Gasteiger partial charge in [-0.15, -0.1) is 0 Å². The van der Waals surface area contributed by atoms with Crippen molar-refractivity contribution in [2.24, 2.45) is 5.92 Å². The zero-order chi connectivity index (χ0) is 23.9. The molecule has 1 N–H and O–H groups in total. The highest BCUT2D eigenvalue weighted by molar-refractivity contribution is 7.90. The molecule has 0 aliphatic heterocycles. The summed E-state index contributed by atoms with van der Waals surface area (Å²) in [4.78, 5) is 9.93. The van der Waals surface area contributed by atoms with Gasteiger partial charge in [-0.05, 0) is 47.7 Å². The van der Waals surface area contributed by atoms with Crippen LogP contribution in [0.4, 0.5) is 0 Å². The summed E-state index contributed by atoms with van der Waals surface area (Å²) in [6, 6.07) is 15.1. The molecule has 1 atom stereocenters. The third-order valence-electron chi connectivity index (χ3n) is 5.14. The Bertz CT molecular complexity index is 1200. The zero-order valence-corrected chi connectivity index (χ0v) is 20.4. The predicted octanol–water partition coefficient (Wildman–Crippen LogP) is 6.43. The van der Waals surface area contributed by atoms with Gasteiger partial charge in [0.05, 0.1) is 17.2 Å². The molecule has 1 heterocycles. The summed E-state index contributed by atoms with van der Waals surface area (Å²) in [7, 11) is -3.47. The van der Waals surface area contributed by atoms with Crippen molar-refractivity contribution in [3.63, 3.8) is 0 Å². The first kappa shape index (κ1) is 25.7. The van der Waals surface area contributed by atoms with E-state index >= 15 is 0 Å². The van der Waals surface area contributed by atoms with E-state index in [2.05, 4.69) is 26.0 Å². The average molecular weight is 476 g/mol. The Balaban J connectivity index is 0.000000451. The Morgan fingerprint density at radius 3 is 2.44 bits per heavy atom. The summed E-state index contributed by atoms with van der Waals surface area (Å²) in [5, 5.41) is 9.58. The van der Waals surface area contributed by atoms with E-state index in [1.807, 2.05) is 25.1 Å². The number of benzene rings is 2. The molecule has 0 aliphatic carbocycles. The molecule has 3 aromatic rings. The van der Waals surface area contributed by atoms with Crippen LogP contribution in [0, 0.1) is 5.92 Å². The van der Waals surface area contributed by atoms with Gasteiger partial charge in [-0.25, -0.2) is 12.4 Å². The van der Waals surface area contributed by atoms with Crippen LogP contribution in [0.15, 0.2) is 60.8 Å². The number of fused-ring (bicyclic) bond motifs is 1. The van der Waals surface area contributed by atoms with Crippen molar-refractivity contribution < 1.29 is 18.3 Å². The first-order valence-corrected chi connectivity index (χ1v) is 12.5. The molecule has 1 unspecified atom stereocenters. The molecule has 1 aromatic heterocycles. The normalized spacial score (nSPS) is 12.7. The van der Waals surface area contributed by atoms with E-state index in [4.69, 9.17) is 16.7 Å². The summed E-state index contributed by atoms with van der Waals surface area (Å²) in [5.41, 5.74) is 2.88. The van der Waals surface area contributed by atoms with E-state index in [1.54, 1.807) is 43.5 Å². The highest BCUT2D eigenvalue weighted by atomic mass is 35.5. The van der Waals surface area contributed by atoms with Crippen LogP contribution in [0.2, 0.25) is 5.02 Å². The maximum absolute atomic E-state index is 12.6. The number of halogens is 1. The fourth-order valence-electron chi connectivity index (χ4n) is 2.91. The molecule has 0 spiro atoms. The van der Waals surface area contributed by atoms with E-state index < -0.39 is 16.0 Å². The lowest BCUT2D eigenvalue weighted by Gasteiger charge is -2.06. The summed E-state index contributed by atoms with van der Waals surface area (Å²) < 4.78 is 26.6. The molecule has 0 fully saturated rings. The van der Waals surface area contributed by atoms with Gasteiger partial charge >= 0.3 is 5.97 Å². The lowest BCUT2D eigenvalue weighted by Crippen LogP contribution is -2.14. The van der Waals surface area contributed by atoms with E-state index in [0.29, 0.717) is 16.5 Å². The second-order valence-electron chi connectivity index (χ2n) is 7.97. The number of rotatable bonds is 7. The van der Waals surface area contributed by atoms with Gasteiger partial charge in [0.2, 0.25) is 10.0 Å². The standard InChI is InChI=1S/C20H20ClNO2S.C5H10O2/c1-15(2)17-7-3-5-16(13-17)6-4-12-25(23,24)22-11-10-18-14-19(21)8-9-20(18)22;1-3-4(2)5(6)7/h3-11,13-15H,12H2,1-2H3;4H,3H2,1-2H3,(H,6,7). The predicted molar refractivity (Wildman–Crippen MR) is 133 cm³/mol. The smallest absolute Gasteiger partial charge is 0.306 e. The fourth-order valence-corrected chi connectivity index (χ4v) is 4.31. The quantitative estimate of drug-likeness (QED) is 0.427. The highest BCUT2D eigenvalue weighted by Gasteiger charge is 2.14. The van der Waals surface area contributed by atoms with Crippen molar-refractivity contribution in [3.8, 4) is 0 Å². The molecule has 0 saturated heterocycles. The van der Waals surface area contributed by atoms with Crippen LogP contribution in [0.1, 0.15) is 51.2 Å². The van der Waals surface area contributed by atoms with Crippen molar-refractivity contribution in [1.29, 1.82) is 0 Å². The molecule has 32 heavy (non-hydrogen) atoms. The summed E-state index contributed by atoms with van der Waals surface area (Å²) in [6.45, 7) is 7.83. The molecular formula is C25H30ClNO4S. The monoisotopic (exact) mass is 475 g/mol. The number of carbonyl (C=O) groups is 1. The first-order chi connectivity index (χ1) is 15.0. The van der Waals surface area contributed by atoms with Gasteiger partial charge in [0, 0.05) is 16.6 Å². The summed E-state index contributed by atoms with van der Waals surface area (Å²) in [6.07, 6.45) is 5.83. The molecule has 2 aromatic carbocycles. The number of carboxylic acid groups (broad SMARTS) is 1. The Hall–Kier alpha value is -2.57. The van der Waals surface area contributed by atoms with Crippen LogP contribution >= 0.6 is 11.6 Å². The first-order valence-electron chi connectivity index (χ1n) is 10.5. The Morgan fingerprint density at radius 2 is 1.84 bits per heavy atom. The van der Waals surface area contributed by atoms with Crippen LogP contribution in [0.5, 0.6) is 0 Å². The molecular weight excluding hydrogens is 446 g/mol. The minimum absolute atomic E-state index is 0.0642. The van der Waals surface area contributed by atoms with E-state index in [0.717, 1.165) is 17.4 Å². The molecule has 5 nitrogen and oxygen atoms in total. The Kier molecular flexibility index (Phi) is 9.10. The SMILES string of the molecule is CC(C)c1cccc(C=CCS(=O)(=O)n2ccc3cc(Cl)ccc32)c1.CCC(C)C(=O)O. The molecule has 0 bridgehead atoms. The molecule has 0 amide bonds. The van der Waals surface area contributed by atoms with E-state index in [9.17, 15) is 13.2 Å². The van der Waals surface area contributed by atoms with Crippen molar-refractivity contribution in [2.45, 2.75) is 40.0 Å². The number of hydrogen-bond donors (Lipinski definition) is 1. The van der Waals surface area contributed by atoms with Crippen LogP contribution in [0.3, 0.4) is 0 Å². The Labute approximate surface area is 195 Å². The topological polar surface area (TPSA) is 76.4 Å². The summed E-state index contributed by atoms with van der Waals surface area (Å²) in [5.74, 6) is -0.511. The number of hydrogen-bond acceptors (Lipinski definition) is 3. The minimum atomic E-state index is -3.47. The second kappa shape index (κ2) is 11.3. The van der Waals surface area contributed by atoms with Gasteiger partial charge in [-0.1, -0.05) is 75.7 Å². The zero-order valence-electron chi connectivity index (χ0n) is 18.8. The number of carboxylic acids is 1. The molecule has 7 heteroatoms. The van der Waals surface area contributed by atoms with Crippen LogP contribution < -0.4 is 0 Å². The largest absolute Gasteiger partial charge is 0.481 e. The van der Waals surface area contributed by atoms with Crippen molar-refractivity contribution in [2.75, 3.05) is 5.75 Å². The number of aliphatic carboxylic acids is 1. The van der Waals surface area contributed by atoms with Crippen molar-refractivity contribution in [1.82, 2.24) is 3.97 Å². The summed E-state index contributed by atoms with van der Waals surface area (Å²) >= 11 is 5.96. The third-order valence-corrected chi connectivity index (χ3v) is 6.91. The molecule has 0 saturated carbocycles. The van der Waals surface area contributed by atoms with E-state index in [1.165, 1.54) is 9.54 Å². The van der Waals surface area contributed by atoms with Gasteiger partial charge in [0.15, 0.2) is 0 Å². The lowest BCUT2D eigenvalue weighted by atomic mass is 10.0. The van der Waals surface area contributed by atoms with Crippen molar-refractivity contribution in [3.05, 3.63) is 77.0 Å². The van der Waals surface area contributed by atoms with Crippen molar-refractivity contribution >= 4 is 44.6 Å². The highest BCUT2D eigenvalue weighted by Crippen LogP contribution is 2.22. The van der Waals surface area contributed by atoms with Gasteiger partial charge < -0.3 is 5.11 Å². The van der Waals surface area contributed by atoms with Gasteiger partial charge in [0.25, 0.3) is 0 Å². The fraction of sp³-hybridized carbons (Fsp3) is 0.320. The maximum atomic E-state index is 12.6. The van der Waals surface area contributed by atoms with Crippen LogP contribution in [-0.4, -0.2) is 29.2 Å². The average Bonchev–Trinajstić information content (AvgIpc) is 3.17. The third kappa shape index (κ3) is 6.97. The van der Waals surface area contributed by atoms with Crippen LogP contribution in [-0.2, 0) is 14.8 Å². The molecule has 0 radical (unpaired) electrons. The molecule has 172 valence electrons. The second-order valence-corrected chi connectivity index (χ2v) is 10.3. The van der Waals surface area contributed by atoms with Gasteiger partial charge in [-0.3, -0.25) is 4.79 Å². The number of aromatic nitrogens is 1. The molecule has 0 aliphatic rings. The van der Waals surface area contributed by atoms with E-state index in [-0.39, 0.29) is 11.7 Å². The van der Waals surface area contributed by atoms with Gasteiger partial charge in [0.1, 0.15) is 0 Å². The Morgan fingerprint density at radius 1 is 1.12 bits per heavy atom. The molecule has 3 rings (SSSR count). The minimum Gasteiger partial charge on any atom is -0.481 e. The number of nitrogens with zero attached hydrogens (tertiary/aromatic N) is 1. The van der Waals surface area contributed by atoms with Crippen LogP contribution in [0.25, 0.3) is 17.0 Å².